The van der Waals surface area contributed by atoms with Crippen LogP contribution < -0.4 is 0 Å². The number of aliphatic hydroxyl groups excluding tert-OH is 4. The molecule has 2 aliphatic carbocycles. The summed E-state index contributed by atoms with van der Waals surface area (Å²) in [4.78, 5) is 0. The largest absolute Gasteiger partial charge is 0.507 e. The SMILES string of the molecule is CO.CO.CO.CO.C[C]1[C](C)[C](C)[C](C)[C]1C.C[C]1[C](C)[C](C)[C](C)[C]1C.Cc1cc(C(C)(C)c2cc(C)c(O)c(C)c2)cc(C)c1O.[Ti].[Ti]. The Bertz CT molecular complexity index is 962. The van der Waals surface area contributed by atoms with Gasteiger partial charge in [-0.2, -0.15) is 0 Å². The predicted octanol–water partition coefficient (Wildman–Crippen LogP) is 9.03. The molecule has 0 aliphatic heterocycles. The van der Waals surface area contributed by atoms with Crippen molar-refractivity contribution < 1.29 is 74.1 Å². The summed E-state index contributed by atoms with van der Waals surface area (Å²) in [7, 11) is 4.00. The van der Waals surface area contributed by atoms with Gasteiger partial charge in [0.2, 0.25) is 0 Å². The molecule has 6 N–H and O–H groups in total. The number of aliphatic hydroxyl groups is 4. The monoisotopic (exact) mass is 778 g/mol. The average Bonchev–Trinajstić information content (AvgIpc) is 3.38. The standard InChI is InChI=1S/C19H24O2.2C10H15.4CH4O.2Ti/c1-11-7-15(8-12(2)17(11)20)19(5,6)16-9-13(3)18(21)14(4)10-16;2*1-6-7(2)9(4)10(5)8(6)3;4*1-2;;/h7-10,20-21H,1-6H3;2*1-5H3;4*2H,1H3;;. The van der Waals surface area contributed by atoms with Gasteiger partial charge >= 0.3 is 0 Å². The van der Waals surface area contributed by atoms with Crippen molar-refractivity contribution in [2.24, 2.45) is 0 Å². The molecule has 2 aliphatic rings. The minimum atomic E-state index is -0.188. The topological polar surface area (TPSA) is 121 Å². The summed E-state index contributed by atoms with van der Waals surface area (Å²) in [6.45, 7) is 34.0. The molecule has 0 amide bonds. The molecular weight excluding hydrogens is 708 g/mol. The summed E-state index contributed by atoms with van der Waals surface area (Å²) in [6.07, 6.45) is 0. The van der Waals surface area contributed by atoms with Crippen molar-refractivity contribution in [3.63, 3.8) is 0 Å². The van der Waals surface area contributed by atoms with Crippen LogP contribution in [0.15, 0.2) is 24.3 Å². The number of aryl methyl sites for hydroxylation is 4. The molecule has 286 valence electrons. The third kappa shape index (κ3) is 15.9. The Morgan fingerprint density at radius 3 is 0.549 bits per heavy atom. The van der Waals surface area contributed by atoms with Gasteiger partial charge in [-0.3, -0.25) is 0 Å². The van der Waals surface area contributed by atoms with Crippen molar-refractivity contribution >= 4 is 0 Å². The molecule has 51 heavy (non-hydrogen) atoms. The molecule has 0 heterocycles. The van der Waals surface area contributed by atoms with E-state index in [9.17, 15) is 10.2 Å². The van der Waals surface area contributed by atoms with Crippen molar-refractivity contribution in [2.75, 3.05) is 28.4 Å². The molecule has 10 radical (unpaired) electrons. The van der Waals surface area contributed by atoms with E-state index in [4.69, 9.17) is 20.4 Å². The zero-order valence-electron chi connectivity index (χ0n) is 35.5. The van der Waals surface area contributed by atoms with E-state index in [0.717, 1.165) is 50.7 Å². The van der Waals surface area contributed by atoms with E-state index in [2.05, 4.69) is 83.1 Å². The normalized spacial score (nSPS) is 16.5. The fourth-order valence-corrected chi connectivity index (χ4v) is 5.61. The summed E-state index contributed by atoms with van der Waals surface area (Å²) in [5.41, 5.74) is 5.72. The molecule has 2 saturated carbocycles. The third-order valence-electron chi connectivity index (χ3n) is 10.1. The average molecular weight is 779 g/mol. The zero-order valence-corrected chi connectivity index (χ0v) is 38.6. The quantitative estimate of drug-likeness (QED) is 0.169. The Balaban J connectivity index is -0.000000200. The molecule has 0 bridgehead atoms. The van der Waals surface area contributed by atoms with Crippen molar-refractivity contribution in [3.8, 4) is 11.5 Å². The third-order valence-corrected chi connectivity index (χ3v) is 10.1. The molecule has 8 heteroatoms. The first kappa shape index (κ1) is 59.6. The van der Waals surface area contributed by atoms with E-state index in [1.165, 1.54) is 70.3 Å². The smallest absolute Gasteiger partial charge is 0.121 e. The van der Waals surface area contributed by atoms with Gasteiger partial charge in [0.15, 0.2) is 0 Å². The van der Waals surface area contributed by atoms with Gasteiger partial charge in [-0.1, -0.05) is 107 Å². The van der Waals surface area contributed by atoms with E-state index in [1.807, 2.05) is 52.0 Å². The molecule has 0 spiro atoms. The van der Waals surface area contributed by atoms with Gasteiger partial charge in [0.1, 0.15) is 11.5 Å². The summed E-state index contributed by atoms with van der Waals surface area (Å²) < 4.78 is 0. The second kappa shape index (κ2) is 28.7. The van der Waals surface area contributed by atoms with Crippen LogP contribution in [0.25, 0.3) is 0 Å². The van der Waals surface area contributed by atoms with Crippen LogP contribution in [0.3, 0.4) is 0 Å². The van der Waals surface area contributed by atoms with E-state index < -0.39 is 0 Å². The van der Waals surface area contributed by atoms with Gasteiger partial charge in [-0.25, -0.2) is 0 Å². The van der Waals surface area contributed by atoms with E-state index in [-0.39, 0.29) is 48.9 Å². The van der Waals surface area contributed by atoms with E-state index in [1.54, 1.807) is 0 Å². The van der Waals surface area contributed by atoms with Crippen molar-refractivity contribution in [1.29, 1.82) is 0 Å². The Morgan fingerprint density at radius 2 is 0.431 bits per heavy atom. The van der Waals surface area contributed by atoms with Gasteiger partial charge in [0, 0.05) is 77.3 Å². The maximum Gasteiger partial charge on any atom is 0.121 e. The summed E-state index contributed by atoms with van der Waals surface area (Å²) >= 11 is 0. The van der Waals surface area contributed by atoms with Gasteiger partial charge in [-0.15, -0.1) is 0 Å². The number of hydrogen-bond donors (Lipinski definition) is 6. The first-order chi connectivity index (χ1) is 22.7. The second-order valence-electron chi connectivity index (χ2n) is 12.8. The van der Waals surface area contributed by atoms with Crippen molar-refractivity contribution in [1.82, 2.24) is 0 Å². The van der Waals surface area contributed by atoms with Crippen LogP contribution in [0, 0.1) is 86.9 Å². The van der Waals surface area contributed by atoms with Crippen LogP contribution in [-0.4, -0.2) is 59.1 Å². The van der Waals surface area contributed by atoms with E-state index >= 15 is 0 Å². The molecule has 0 unspecified atom stereocenters. The predicted molar refractivity (Wildman–Crippen MR) is 209 cm³/mol. The molecule has 0 aromatic heterocycles. The summed E-state index contributed by atoms with van der Waals surface area (Å²) in [5.74, 6) is 15.4. The number of benzene rings is 2. The molecule has 6 nitrogen and oxygen atoms in total. The number of phenols is 2. The second-order valence-corrected chi connectivity index (χ2v) is 12.8. The van der Waals surface area contributed by atoms with Crippen LogP contribution >= 0.6 is 0 Å². The number of phenolic OH excluding ortho intramolecular Hbond substituents is 2. The minimum absolute atomic E-state index is 0. The Kier molecular flexibility index (Phi) is 33.5. The zero-order chi connectivity index (χ0) is 39.7. The maximum absolute atomic E-state index is 9.96. The summed E-state index contributed by atoms with van der Waals surface area (Å²) in [6, 6.07) is 8.17. The Hall–Kier alpha value is -0.691. The van der Waals surface area contributed by atoms with Crippen LogP contribution in [-0.2, 0) is 48.9 Å². The fraction of sp³-hybridized carbons (Fsp3) is 0.488. The molecule has 4 rings (SSSR count). The van der Waals surface area contributed by atoms with Crippen LogP contribution in [0.5, 0.6) is 11.5 Å². The molecule has 2 aromatic rings. The fourth-order valence-electron chi connectivity index (χ4n) is 5.61. The van der Waals surface area contributed by atoms with Crippen LogP contribution in [0.4, 0.5) is 0 Å². The maximum atomic E-state index is 9.96. The number of aromatic hydroxyl groups is 2. The first-order valence-corrected chi connectivity index (χ1v) is 16.5. The first-order valence-electron chi connectivity index (χ1n) is 16.5. The number of rotatable bonds is 2. The van der Waals surface area contributed by atoms with Gasteiger partial charge < -0.3 is 30.6 Å². The molecule has 2 fully saturated rings. The Labute approximate surface area is 345 Å². The molecule has 0 atom stereocenters. The summed E-state index contributed by atoms with van der Waals surface area (Å²) in [5, 5.41) is 47.9. The molecule has 0 saturated heterocycles. The minimum Gasteiger partial charge on any atom is -0.507 e. The van der Waals surface area contributed by atoms with Crippen LogP contribution in [0.2, 0.25) is 0 Å². The van der Waals surface area contributed by atoms with Gasteiger partial charge in [0.25, 0.3) is 0 Å². The molecular formula is C43H70O6Ti2. The van der Waals surface area contributed by atoms with Gasteiger partial charge in [0.05, 0.1) is 0 Å². The number of hydrogen-bond acceptors (Lipinski definition) is 6. The van der Waals surface area contributed by atoms with Crippen molar-refractivity contribution in [3.05, 3.63) is 117 Å². The Morgan fingerprint density at radius 1 is 0.314 bits per heavy atom. The van der Waals surface area contributed by atoms with E-state index in [0.29, 0.717) is 11.5 Å². The van der Waals surface area contributed by atoms with Crippen LogP contribution in [0.1, 0.15) is 116 Å². The molecule has 2 aromatic carbocycles. The van der Waals surface area contributed by atoms with Crippen molar-refractivity contribution in [2.45, 2.75) is 116 Å². The van der Waals surface area contributed by atoms with Gasteiger partial charge in [-0.05, 0) is 120 Å².